The highest BCUT2D eigenvalue weighted by molar-refractivity contribution is 9.10. The lowest BCUT2D eigenvalue weighted by molar-refractivity contribution is 0.0740. The van der Waals surface area contributed by atoms with Crippen LogP contribution in [0.25, 0.3) is 0 Å². The van der Waals surface area contributed by atoms with Crippen LogP contribution in [0.2, 0.25) is 0 Å². The number of halogens is 1. The second-order valence-electron chi connectivity index (χ2n) is 5.93. The van der Waals surface area contributed by atoms with Crippen LogP contribution in [0.4, 0.5) is 0 Å². The van der Waals surface area contributed by atoms with Crippen LogP contribution in [0.1, 0.15) is 36.2 Å². The first-order valence-corrected chi connectivity index (χ1v) is 8.97. The second-order valence-corrected chi connectivity index (χ2v) is 6.84. The van der Waals surface area contributed by atoms with E-state index in [0.29, 0.717) is 24.4 Å². The highest BCUT2D eigenvalue weighted by Crippen LogP contribution is 2.26. The van der Waals surface area contributed by atoms with Gasteiger partial charge in [0.1, 0.15) is 5.75 Å². The largest absolute Gasteiger partial charge is 0.490 e. The van der Waals surface area contributed by atoms with Gasteiger partial charge < -0.3 is 9.64 Å². The van der Waals surface area contributed by atoms with Crippen molar-refractivity contribution in [3.8, 4) is 11.8 Å². The van der Waals surface area contributed by atoms with E-state index in [2.05, 4.69) is 22.0 Å². The number of amides is 1. The fourth-order valence-electron chi connectivity index (χ4n) is 2.44. The van der Waals surface area contributed by atoms with Crippen molar-refractivity contribution in [1.82, 2.24) is 4.90 Å². The molecule has 0 radical (unpaired) electrons. The molecule has 0 N–H and O–H groups in total. The molecule has 4 nitrogen and oxygen atoms in total. The summed E-state index contributed by atoms with van der Waals surface area (Å²) in [5, 5.41) is 8.93. The molecule has 0 aromatic heterocycles. The van der Waals surface area contributed by atoms with E-state index in [1.54, 1.807) is 17.0 Å². The van der Waals surface area contributed by atoms with Gasteiger partial charge in [0.25, 0.3) is 5.91 Å². The number of hydrogen-bond acceptors (Lipinski definition) is 3. The van der Waals surface area contributed by atoms with Crippen LogP contribution in [0, 0.1) is 11.3 Å². The Kier molecular flexibility index (Phi) is 7.03. The SMILES string of the molecule is CC(C)Oc1ccc(Br)cc1C(=O)N(CCC#N)Cc1ccccc1. The lowest BCUT2D eigenvalue weighted by Crippen LogP contribution is -2.32. The first kappa shape index (κ1) is 19.0. The number of nitrogens with zero attached hydrogens (tertiary/aromatic N) is 2. The van der Waals surface area contributed by atoms with E-state index < -0.39 is 0 Å². The van der Waals surface area contributed by atoms with Crippen molar-refractivity contribution in [2.75, 3.05) is 6.54 Å². The van der Waals surface area contributed by atoms with Crippen molar-refractivity contribution in [3.63, 3.8) is 0 Å². The first-order valence-electron chi connectivity index (χ1n) is 8.17. The van der Waals surface area contributed by atoms with Gasteiger partial charge in [0.2, 0.25) is 0 Å². The Morgan fingerprint density at radius 2 is 1.96 bits per heavy atom. The summed E-state index contributed by atoms with van der Waals surface area (Å²) in [6.45, 7) is 4.67. The molecule has 0 aliphatic heterocycles. The molecule has 130 valence electrons. The van der Waals surface area contributed by atoms with Crippen LogP contribution in [-0.4, -0.2) is 23.5 Å². The van der Waals surface area contributed by atoms with Gasteiger partial charge in [-0.25, -0.2) is 0 Å². The van der Waals surface area contributed by atoms with Gasteiger partial charge in [-0.05, 0) is 37.6 Å². The number of carbonyl (C=O) groups excluding carboxylic acids is 1. The number of nitriles is 1. The van der Waals surface area contributed by atoms with Gasteiger partial charge in [0, 0.05) is 17.6 Å². The van der Waals surface area contributed by atoms with Gasteiger partial charge in [-0.2, -0.15) is 5.26 Å². The molecule has 0 unspecified atom stereocenters. The molecular formula is C20H21BrN2O2. The summed E-state index contributed by atoms with van der Waals surface area (Å²) in [5.74, 6) is 0.411. The fraction of sp³-hybridized carbons (Fsp3) is 0.300. The molecule has 5 heteroatoms. The van der Waals surface area contributed by atoms with Gasteiger partial charge in [-0.15, -0.1) is 0 Å². The Balaban J connectivity index is 2.32. The van der Waals surface area contributed by atoms with Crippen molar-refractivity contribution in [2.24, 2.45) is 0 Å². The minimum Gasteiger partial charge on any atom is -0.490 e. The summed E-state index contributed by atoms with van der Waals surface area (Å²) in [5.41, 5.74) is 1.52. The molecule has 0 saturated carbocycles. The molecular weight excluding hydrogens is 380 g/mol. The minimum absolute atomic E-state index is 0.0330. The average Bonchev–Trinajstić information content (AvgIpc) is 2.60. The van der Waals surface area contributed by atoms with Crippen molar-refractivity contribution in [2.45, 2.75) is 32.9 Å². The predicted octanol–water partition coefficient (Wildman–Crippen LogP) is 4.79. The number of hydrogen-bond donors (Lipinski definition) is 0. The van der Waals surface area contributed by atoms with Crippen LogP contribution < -0.4 is 4.74 Å². The third kappa shape index (κ3) is 5.61. The molecule has 0 spiro atoms. The maximum absolute atomic E-state index is 13.1. The topological polar surface area (TPSA) is 53.3 Å². The number of benzene rings is 2. The zero-order valence-corrected chi connectivity index (χ0v) is 16.0. The second kappa shape index (κ2) is 9.24. The van der Waals surface area contributed by atoms with Crippen LogP contribution in [0.3, 0.4) is 0 Å². The molecule has 0 aliphatic carbocycles. The molecule has 0 atom stereocenters. The Bertz CT molecular complexity index is 754. The van der Waals surface area contributed by atoms with Crippen LogP contribution in [0.15, 0.2) is 53.0 Å². The molecule has 2 aromatic carbocycles. The van der Waals surface area contributed by atoms with Crippen molar-refractivity contribution < 1.29 is 9.53 Å². The summed E-state index contributed by atoms with van der Waals surface area (Å²) in [7, 11) is 0. The van der Waals surface area contributed by atoms with E-state index in [-0.39, 0.29) is 18.4 Å². The van der Waals surface area contributed by atoms with Crippen LogP contribution in [0.5, 0.6) is 5.75 Å². The molecule has 0 bridgehead atoms. The van der Waals surface area contributed by atoms with Crippen molar-refractivity contribution in [3.05, 3.63) is 64.1 Å². The molecule has 0 saturated heterocycles. The minimum atomic E-state index is -0.143. The Hall–Kier alpha value is -2.32. The van der Waals surface area contributed by atoms with Gasteiger partial charge in [0.15, 0.2) is 0 Å². The zero-order valence-electron chi connectivity index (χ0n) is 14.4. The highest BCUT2D eigenvalue weighted by atomic mass is 79.9. The van der Waals surface area contributed by atoms with Gasteiger partial charge in [0.05, 0.1) is 24.2 Å². The Labute approximate surface area is 157 Å². The van der Waals surface area contributed by atoms with Gasteiger partial charge in [-0.3, -0.25) is 4.79 Å². The average molecular weight is 401 g/mol. The maximum Gasteiger partial charge on any atom is 0.257 e. The highest BCUT2D eigenvalue weighted by Gasteiger charge is 2.21. The number of carbonyl (C=O) groups is 1. The summed E-state index contributed by atoms with van der Waals surface area (Å²) in [6, 6.07) is 17.3. The van der Waals surface area contributed by atoms with Gasteiger partial charge >= 0.3 is 0 Å². The molecule has 0 heterocycles. The first-order chi connectivity index (χ1) is 12.0. The van der Waals surface area contributed by atoms with Crippen molar-refractivity contribution in [1.29, 1.82) is 5.26 Å². The fourth-order valence-corrected chi connectivity index (χ4v) is 2.80. The third-order valence-electron chi connectivity index (χ3n) is 3.53. The van der Waals surface area contributed by atoms with Crippen LogP contribution >= 0.6 is 15.9 Å². The lowest BCUT2D eigenvalue weighted by atomic mass is 10.1. The monoisotopic (exact) mass is 400 g/mol. The molecule has 25 heavy (non-hydrogen) atoms. The third-order valence-corrected chi connectivity index (χ3v) is 4.02. The smallest absolute Gasteiger partial charge is 0.257 e. The number of ether oxygens (including phenoxy) is 1. The van der Waals surface area contributed by atoms with Crippen LogP contribution in [-0.2, 0) is 6.54 Å². The molecule has 0 fully saturated rings. The van der Waals surface area contributed by atoms with E-state index in [0.717, 1.165) is 10.0 Å². The Morgan fingerprint density at radius 3 is 2.60 bits per heavy atom. The Morgan fingerprint density at radius 1 is 1.24 bits per heavy atom. The standard InChI is InChI=1S/C20H21BrN2O2/c1-15(2)25-19-10-9-17(21)13-18(19)20(24)23(12-6-11-22)14-16-7-4-3-5-8-16/h3-5,7-10,13,15H,6,12,14H2,1-2H3. The van der Waals surface area contributed by atoms with Gasteiger partial charge in [-0.1, -0.05) is 46.3 Å². The van der Waals surface area contributed by atoms with Crippen molar-refractivity contribution >= 4 is 21.8 Å². The molecule has 2 rings (SSSR count). The maximum atomic E-state index is 13.1. The molecule has 1 amide bonds. The lowest BCUT2D eigenvalue weighted by Gasteiger charge is -2.24. The summed E-state index contributed by atoms with van der Waals surface area (Å²) in [6.07, 6.45) is 0.252. The predicted molar refractivity (Wildman–Crippen MR) is 101 cm³/mol. The summed E-state index contributed by atoms with van der Waals surface area (Å²) in [4.78, 5) is 14.8. The van der Waals surface area contributed by atoms with E-state index in [4.69, 9.17) is 10.00 Å². The van der Waals surface area contributed by atoms with E-state index >= 15 is 0 Å². The zero-order chi connectivity index (χ0) is 18.2. The summed E-state index contributed by atoms with van der Waals surface area (Å²) >= 11 is 3.42. The quantitative estimate of drug-likeness (QED) is 0.670. The summed E-state index contributed by atoms with van der Waals surface area (Å²) < 4.78 is 6.60. The molecule has 0 aliphatic rings. The van der Waals surface area contributed by atoms with E-state index in [9.17, 15) is 4.79 Å². The van der Waals surface area contributed by atoms with E-state index in [1.807, 2.05) is 50.2 Å². The number of rotatable bonds is 7. The van der Waals surface area contributed by atoms with E-state index in [1.165, 1.54) is 0 Å². The molecule has 2 aromatic rings. The normalized spacial score (nSPS) is 10.4.